The van der Waals surface area contributed by atoms with E-state index in [9.17, 15) is 8.42 Å². The van der Waals surface area contributed by atoms with E-state index in [0.29, 0.717) is 23.2 Å². The summed E-state index contributed by atoms with van der Waals surface area (Å²) in [5.41, 5.74) is 0. The quantitative estimate of drug-likeness (QED) is 0.711. The zero-order valence-electron chi connectivity index (χ0n) is 11.9. The van der Waals surface area contributed by atoms with E-state index >= 15 is 0 Å². The van der Waals surface area contributed by atoms with E-state index in [1.165, 1.54) is 0 Å². The summed E-state index contributed by atoms with van der Waals surface area (Å²) < 4.78 is 32.4. The Bertz CT molecular complexity index is 528. The first-order valence-corrected chi connectivity index (χ1v) is 8.41. The van der Waals surface area contributed by atoms with Crippen molar-refractivity contribution in [1.82, 2.24) is 10.0 Å². The fourth-order valence-corrected chi connectivity index (χ4v) is 3.27. The third kappa shape index (κ3) is 4.19. The third-order valence-corrected chi connectivity index (χ3v) is 4.90. The Labute approximate surface area is 120 Å². The van der Waals surface area contributed by atoms with Crippen LogP contribution in [0.2, 0.25) is 0 Å². The zero-order chi connectivity index (χ0) is 14.6. The summed E-state index contributed by atoms with van der Waals surface area (Å²) in [4.78, 5) is 0.291. The molecular weight excluding hydrogens is 276 g/mol. The normalized spacial score (nSPS) is 21.7. The van der Waals surface area contributed by atoms with Crippen molar-refractivity contribution in [3.05, 3.63) is 24.3 Å². The molecule has 1 aromatic rings. The van der Waals surface area contributed by atoms with Gasteiger partial charge in [0.15, 0.2) is 0 Å². The monoisotopic (exact) mass is 298 g/mol. The van der Waals surface area contributed by atoms with Gasteiger partial charge in [-0.15, -0.1) is 0 Å². The Morgan fingerprint density at radius 2 is 1.95 bits per heavy atom. The van der Waals surface area contributed by atoms with Crippen molar-refractivity contribution < 1.29 is 13.2 Å². The molecule has 112 valence electrons. The number of benzene rings is 1. The molecule has 2 N–H and O–H groups in total. The first-order chi connectivity index (χ1) is 9.53. The van der Waals surface area contributed by atoms with E-state index in [-0.39, 0.29) is 6.04 Å². The number of rotatable bonds is 8. The molecule has 2 rings (SSSR count). The summed E-state index contributed by atoms with van der Waals surface area (Å²) in [5.74, 6) is 1.14. The van der Waals surface area contributed by atoms with Crippen molar-refractivity contribution in [1.29, 1.82) is 0 Å². The van der Waals surface area contributed by atoms with E-state index in [0.717, 1.165) is 19.4 Å². The molecule has 0 radical (unpaired) electrons. The summed E-state index contributed by atoms with van der Waals surface area (Å²) in [7, 11) is -1.50. The van der Waals surface area contributed by atoms with Crippen LogP contribution in [0.4, 0.5) is 0 Å². The number of ether oxygens (including phenoxy) is 1. The Hall–Kier alpha value is -1.11. The standard InChI is InChI=1S/C14H22N2O3S/c1-11-10-14(11)16-20(17,18)13-6-4-12(5-7-13)19-9-3-8-15-2/h4-7,11,14-16H,3,8-10H2,1-2H3. The van der Waals surface area contributed by atoms with Crippen LogP contribution >= 0.6 is 0 Å². The molecule has 1 aliphatic carbocycles. The maximum absolute atomic E-state index is 12.1. The molecule has 0 amide bonds. The second-order valence-corrected chi connectivity index (χ2v) is 6.93. The van der Waals surface area contributed by atoms with Gasteiger partial charge in [-0.1, -0.05) is 6.92 Å². The van der Waals surface area contributed by atoms with Crippen LogP contribution in [-0.2, 0) is 10.0 Å². The van der Waals surface area contributed by atoms with Gasteiger partial charge >= 0.3 is 0 Å². The van der Waals surface area contributed by atoms with E-state index in [2.05, 4.69) is 10.0 Å². The molecule has 5 nitrogen and oxygen atoms in total. The molecule has 0 heterocycles. The Morgan fingerprint density at radius 1 is 1.30 bits per heavy atom. The predicted molar refractivity (Wildman–Crippen MR) is 78.4 cm³/mol. The van der Waals surface area contributed by atoms with Crippen LogP contribution in [0.1, 0.15) is 19.8 Å². The third-order valence-electron chi connectivity index (χ3n) is 3.39. The van der Waals surface area contributed by atoms with Crippen molar-refractivity contribution >= 4 is 10.0 Å². The van der Waals surface area contributed by atoms with Crippen LogP contribution in [-0.4, -0.2) is 34.7 Å². The molecule has 20 heavy (non-hydrogen) atoms. The molecule has 0 spiro atoms. The van der Waals surface area contributed by atoms with Crippen molar-refractivity contribution in [2.24, 2.45) is 5.92 Å². The summed E-state index contributed by atoms with van der Waals surface area (Å²) in [6.45, 7) is 3.55. The van der Waals surface area contributed by atoms with E-state index < -0.39 is 10.0 Å². The SMILES string of the molecule is CNCCCOc1ccc(S(=O)(=O)NC2CC2C)cc1. The molecule has 0 aliphatic heterocycles. The minimum Gasteiger partial charge on any atom is -0.494 e. The maximum Gasteiger partial charge on any atom is 0.240 e. The van der Waals surface area contributed by atoms with Crippen molar-refractivity contribution in [3.8, 4) is 5.75 Å². The van der Waals surface area contributed by atoms with E-state index in [1.54, 1.807) is 24.3 Å². The maximum atomic E-state index is 12.1. The van der Waals surface area contributed by atoms with Crippen molar-refractivity contribution in [3.63, 3.8) is 0 Å². The Balaban J connectivity index is 1.90. The fourth-order valence-electron chi connectivity index (χ4n) is 1.91. The number of hydrogen-bond acceptors (Lipinski definition) is 4. The van der Waals surface area contributed by atoms with Crippen LogP contribution in [0, 0.1) is 5.92 Å². The van der Waals surface area contributed by atoms with Gasteiger partial charge in [-0.3, -0.25) is 0 Å². The Morgan fingerprint density at radius 3 is 2.50 bits per heavy atom. The summed E-state index contributed by atoms with van der Waals surface area (Å²) in [6, 6.07) is 6.66. The smallest absolute Gasteiger partial charge is 0.240 e. The summed E-state index contributed by atoms with van der Waals surface area (Å²) in [6.07, 6.45) is 1.84. The Kier molecular flexibility index (Phi) is 5.01. The molecule has 2 unspecified atom stereocenters. The van der Waals surface area contributed by atoms with Gasteiger partial charge in [0.25, 0.3) is 0 Å². The fraction of sp³-hybridized carbons (Fsp3) is 0.571. The van der Waals surface area contributed by atoms with Crippen LogP contribution in [0.3, 0.4) is 0 Å². The topological polar surface area (TPSA) is 67.4 Å². The zero-order valence-corrected chi connectivity index (χ0v) is 12.7. The minimum absolute atomic E-state index is 0.0949. The highest BCUT2D eigenvalue weighted by Crippen LogP contribution is 2.30. The van der Waals surface area contributed by atoms with Crippen molar-refractivity contribution in [2.75, 3.05) is 20.2 Å². The lowest BCUT2D eigenvalue weighted by Gasteiger charge is -2.08. The number of nitrogens with one attached hydrogen (secondary N) is 2. The molecule has 1 fully saturated rings. The number of hydrogen-bond donors (Lipinski definition) is 2. The largest absolute Gasteiger partial charge is 0.494 e. The molecule has 6 heteroatoms. The van der Waals surface area contributed by atoms with Crippen LogP contribution < -0.4 is 14.8 Å². The average Bonchev–Trinajstić information content (AvgIpc) is 3.10. The summed E-state index contributed by atoms with van der Waals surface area (Å²) >= 11 is 0. The van der Waals surface area contributed by atoms with Gasteiger partial charge in [-0.25, -0.2) is 13.1 Å². The van der Waals surface area contributed by atoms with E-state index in [1.807, 2.05) is 14.0 Å². The number of sulfonamides is 1. The first kappa shape index (κ1) is 15.3. The minimum atomic E-state index is -3.39. The second-order valence-electron chi connectivity index (χ2n) is 5.22. The molecule has 0 bridgehead atoms. The lowest BCUT2D eigenvalue weighted by atomic mass is 10.3. The molecule has 0 saturated heterocycles. The van der Waals surface area contributed by atoms with Crippen LogP contribution in [0.5, 0.6) is 5.75 Å². The summed E-state index contributed by atoms with van der Waals surface area (Å²) in [5, 5.41) is 3.04. The predicted octanol–water partition coefficient (Wildman–Crippen LogP) is 1.36. The van der Waals surface area contributed by atoms with Crippen LogP contribution in [0.15, 0.2) is 29.2 Å². The molecular formula is C14H22N2O3S. The first-order valence-electron chi connectivity index (χ1n) is 6.93. The molecule has 1 aliphatic rings. The van der Waals surface area contributed by atoms with Gasteiger partial charge in [-0.2, -0.15) is 0 Å². The molecule has 0 aromatic heterocycles. The van der Waals surface area contributed by atoms with Gasteiger partial charge in [0.2, 0.25) is 10.0 Å². The highest BCUT2D eigenvalue weighted by Gasteiger charge is 2.36. The highest BCUT2D eigenvalue weighted by atomic mass is 32.2. The van der Waals surface area contributed by atoms with Gasteiger partial charge < -0.3 is 10.1 Å². The van der Waals surface area contributed by atoms with Gasteiger partial charge in [0.05, 0.1) is 11.5 Å². The van der Waals surface area contributed by atoms with E-state index in [4.69, 9.17) is 4.74 Å². The van der Waals surface area contributed by atoms with Crippen molar-refractivity contribution in [2.45, 2.75) is 30.7 Å². The lowest BCUT2D eigenvalue weighted by Crippen LogP contribution is -2.26. The van der Waals surface area contributed by atoms with Gasteiger partial charge in [0, 0.05) is 6.04 Å². The lowest BCUT2D eigenvalue weighted by molar-refractivity contribution is 0.309. The molecule has 1 saturated carbocycles. The molecule has 2 atom stereocenters. The highest BCUT2D eigenvalue weighted by molar-refractivity contribution is 7.89. The van der Waals surface area contributed by atoms with Gasteiger partial charge in [-0.05, 0) is 56.6 Å². The second kappa shape index (κ2) is 6.56. The molecule has 1 aromatic carbocycles. The van der Waals surface area contributed by atoms with Gasteiger partial charge in [0.1, 0.15) is 5.75 Å². The average molecular weight is 298 g/mol. The van der Waals surface area contributed by atoms with Crippen LogP contribution in [0.25, 0.3) is 0 Å².